The molecule has 0 aliphatic rings. The summed E-state index contributed by atoms with van der Waals surface area (Å²) in [5.41, 5.74) is 4.50. The van der Waals surface area contributed by atoms with E-state index < -0.39 is 0 Å². The Balaban J connectivity index is 1.89. The maximum Gasteiger partial charge on any atom is 0.255 e. The number of amides is 1. The van der Waals surface area contributed by atoms with Gasteiger partial charge in [0.15, 0.2) is 0 Å². The van der Waals surface area contributed by atoms with Crippen LogP contribution in [0.3, 0.4) is 0 Å². The molecule has 0 fully saturated rings. The predicted molar refractivity (Wildman–Crippen MR) is 148 cm³/mol. The smallest absolute Gasteiger partial charge is 0.255 e. The molecule has 2 N–H and O–H groups in total. The molecule has 1 amide bonds. The molecule has 7 heteroatoms. The Morgan fingerprint density at radius 2 is 1.89 bits per heavy atom. The number of carbonyl (C=O) groups excluding carboxylic acids is 1. The number of thiophene rings is 1. The first-order chi connectivity index (χ1) is 17.0. The van der Waals surface area contributed by atoms with Gasteiger partial charge in [0.2, 0.25) is 0 Å². The van der Waals surface area contributed by atoms with Crippen molar-refractivity contribution in [1.82, 2.24) is 10.3 Å². The highest BCUT2D eigenvalue weighted by atomic mass is 79.9. The molecule has 5 nitrogen and oxygen atoms in total. The third kappa shape index (κ3) is 5.98. The minimum atomic E-state index is -0.140. The van der Waals surface area contributed by atoms with E-state index in [1.807, 2.05) is 43.3 Å². The van der Waals surface area contributed by atoms with Crippen molar-refractivity contribution in [2.75, 3.05) is 19.0 Å². The number of pyridine rings is 1. The summed E-state index contributed by atoms with van der Waals surface area (Å²) < 4.78 is 6.56. The summed E-state index contributed by atoms with van der Waals surface area (Å²) in [4.78, 5) is 20.1. The van der Waals surface area contributed by atoms with Crippen molar-refractivity contribution in [3.8, 4) is 0 Å². The van der Waals surface area contributed by atoms with Crippen LogP contribution in [0.25, 0.3) is 10.2 Å². The molecule has 2 aromatic heterocycles. The lowest BCUT2D eigenvalue weighted by atomic mass is 10.0. The summed E-state index contributed by atoms with van der Waals surface area (Å²) in [7, 11) is 1.69. The third-order valence-corrected chi connectivity index (χ3v) is 7.49. The van der Waals surface area contributed by atoms with Gasteiger partial charge >= 0.3 is 0 Å². The summed E-state index contributed by atoms with van der Waals surface area (Å²) in [5.74, 6) is -0.140. The fourth-order valence-electron chi connectivity index (χ4n) is 4.14. The SMILES string of the molecule is CCCCNC(c1ccc(Br)cc1)c1sc2nc(C)cc(COC)c2c1NC(=O)c1ccccc1. The van der Waals surface area contributed by atoms with Crippen LogP contribution in [0.4, 0.5) is 5.69 Å². The first kappa shape index (κ1) is 25.5. The minimum absolute atomic E-state index is 0.0874. The first-order valence-corrected chi connectivity index (χ1v) is 13.4. The van der Waals surface area contributed by atoms with Gasteiger partial charge in [0.05, 0.1) is 23.2 Å². The highest BCUT2D eigenvalue weighted by Crippen LogP contribution is 2.43. The molecule has 0 bridgehead atoms. The van der Waals surface area contributed by atoms with Gasteiger partial charge in [0, 0.05) is 28.2 Å². The highest BCUT2D eigenvalue weighted by molar-refractivity contribution is 9.10. The molecule has 2 heterocycles. The van der Waals surface area contributed by atoms with Crippen LogP contribution < -0.4 is 10.6 Å². The van der Waals surface area contributed by atoms with E-state index in [0.29, 0.717) is 12.2 Å². The molecule has 35 heavy (non-hydrogen) atoms. The van der Waals surface area contributed by atoms with Crippen molar-refractivity contribution < 1.29 is 9.53 Å². The van der Waals surface area contributed by atoms with Crippen molar-refractivity contribution in [3.05, 3.63) is 92.4 Å². The third-order valence-electron chi connectivity index (χ3n) is 5.82. The van der Waals surface area contributed by atoms with E-state index in [0.717, 1.165) is 61.5 Å². The average Bonchev–Trinajstić information content (AvgIpc) is 3.21. The molecule has 0 aliphatic heterocycles. The zero-order chi connectivity index (χ0) is 24.8. The van der Waals surface area contributed by atoms with Gasteiger partial charge in [-0.3, -0.25) is 4.79 Å². The van der Waals surface area contributed by atoms with E-state index >= 15 is 0 Å². The van der Waals surface area contributed by atoms with E-state index in [2.05, 4.69) is 57.8 Å². The average molecular weight is 553 g/mol. The molecular weight excluding hydrogens is 522 g/mol. The number of hydrogen-bond donors (Lipinski definition) is 2. The monoisotopic (exact) mass is 551 g/mol. The quantitative estimate of drug-likeness (QED) is 0.204. The van der Waals surface area contributed by atoms with Gasteiger partial charge in [0.25, 0.3) is 5.91 Å². The highest BCUT2D eigenvalue weighted by Gasteiger charge is 2.26. The van der Waals surface area contributed by atoms with E-state index in [-0.39, 0.29) is 11.9 Å². The molecule has 182 valence electrons. The van der Waals surface area contributed by atoms with Crippen molar-refractivity contribution in [3.63, 3.8) is 0 Å². The Morgan fingerprint density at radius 1 is 1.14 bits per heavy atom. The van der Waals surface area contributed by atoms with Crippen LogP contribution in [0.1, 0.15) is 57.9 Å². The standard InChI is InChI=1S/C28H30BrN3O2S/c1-4-5-15-30-24(19-11-13-22(29)14-12-19)26-25(32-27(33)20-9-7-6-8-10-20)23-21(17-34-3)16-18(2)31-28(23)35-26/h6-14,16,24,30H,4-5,15,17H2,1-3H3,(H,32,33). The predicted octanol–water partition coefficient (Wildman–Crippen LogP) is 7.25. The summed E-state index contributed by atoms with van der Waals surface area (Å²) in [6, 6.07) is 19.6. The molecule has 0 spiro atoms. The molecule has 4 rings (SSSR count). The lowest BCUT2D eigenvalue weighted by Gasteiger charge is -2.21. The van der Waals surface area contributed by atoms with Gasteiger partial charge < -0.3 is 15.4 Å². The maximum atomic E-state index is 13.3. The van der Waals surface area contributed by atoms with Crippen LogP contribution >= 0.6 is 27.3 Å². The molecule has 0 saturated heterocycles. The number of anilines is 1. The van der Waals surface area contributed by atoms with Crippen LogP contribution in [0.5, 0.6) is 0 Å². The van der Waals surface area contributed by atoms with Gasteiger partial charge in [-0.1, -0.05) is 59.6 Å². The van der Waals surface area contributed by atoms with E-state index in [1.165, 1.54) is 0 Å². The van der Waals surface area contributed by atoms with Crippen molar-refractivity contribution in [2.24, 2.45) is 0 Å². The van der Waals surface area contributed by atoms with Gasteiger partial charge in [-0.2, -0.15) is 0 Å². The van der Waals surface area contributed by atoms with E-state index in [4.69, 9.17) is 9.72 Å². The molecule has 0 radical (unpaired) electrons. The summed E-state index contributed by atoms with van der Waals surface area (Å²) in [6.45, 7) is 5.49. The number of carbonyl (C=O) groups is 1. The number of methoxy groups -OCH3 is 1. The zero-order valence-electron chi connectivity index (χ0n) is 20.2. The Morgan fingerprint density at radius 3 is 2.57 bits per heavy atom. The Bertz CT molecular complexity index is 1290. The molecule has 1 atom stereocenters. The number of aryl methyl sites for hydroxylation is 1. The second-order valence-electron chi connectivity index (χ2n) is 8.49. The largest absolute Gasteiger partial charge is 0.380 e. The number of halogens is 1. The minimum Gasteiger partial charge on any atom is -0.380 e. The number of hydrogen-bond acceptors (Lipinski definition) is 5. The van der Waals surface area contributed by atoms with Crippen molar-refractivity contribution >= 4 is 49.1 Å². The zero-order valence-corrected chi connectivity index (χ0v) is 22.6. The molecule has 0 aliphatic carbocycles. The number of nitrogens with one attached hydrogen (secondary N) is 2. The van der Waals surface area contributed by atoms with Gasteiger partial charge in [-0.05, 0) is 61.3 Å². The topological polar surface area (TPSA) is 63.3 Å². The molecule has 1 unspecified atom stereocenters. The van der Waals surface area contributed by atoms with E-state index in [9.17, 15) is 4.79 Å². The number of aromatic nitrogens is 1. The Labute approximate surface area is 219 Å². The van der Waals surface area contributed by atoms with Gasteiger partial charge in [-0.25, -0.2) is 4.98 Å². The van der Waals surface area contributed by atoms with Crippen LogP contribution in [-0.2, 0) is 11.3 Å². The summed E-state index contributed by atoms with van der Waals surface area (Å²) >= 11 is 5.18. The van der Waals surface area contributed by atoms with Crippen LogP contribution in [0.2, 0.25) is 0 Å². The first-order valence-electron chi connectivity index (χ1n) is 11.8. The molecule has 4 aromatic rings. The van der Waals surface area contributed by atoms with E-state index in [1.54, 1.807) is 18.4 Å². The fourth-order valence-corrected chi connectivity index (χ4v) is 5.73. The number of nitrogens with zero attached hydrogens (tertiary/aromatic N) is 1. The number of fused-ring (bicyclic) bond motifs is 1. The molecule has 0 saturated carbocycles. The van der Waals surface area contributed by atoms with Crippen LogP contribution in [-0.4, -0.2) is 24.5 Å². The molecular formula is C28H30BrN3O2S. The Kier molecular flexibility index (Phi) is 8.68. The normalized spacial score (nSPS) is 12.1. The van der Waals surface area contributed by atoms with Crippen LogP contribution in [0.15, 0.2) is 65.1 Å². The van der Waals surface area contributed by atoms with Crippen LogP contribution in [0, 0.1) is 6.92 Å². The lowest BCUT2D eigenvalue weighted by molar-refractivity contribution is 0.102. The number of unbranched alkanes of at least 4 members (excludes halogenated alkanes) is 1. The lowest BCUT2D eigenvalue weighted by Crippen LogP contribution is -2.24. The second kappa shape index (κ2) is 11.9. The molecule has 2 aromatic carbocycles. The number of rotatable bonds is 10. The maximum absolute atomic E-state index is 13.3. The van der Waals surface area contributed by atoms with Crippen molar-refractivity contribution in [2.45, 2.75) is 39.3 Å². The second-order valence-corrected chi connectivity index (χ2v) is 10.4. The fraction of sp³-hybridized carbons (Fsp3) is 0.286. The number of ether oxygens (including phenoxy) is 1. The Hall–Kier alpha value is -2.58. The summed E-state index contributed by atoms with van der Waals surface area (Å²) in [6.07, 6.45) is 2.17. The van der Waals surface area contributed by atoms with Crippen molar-refractivity contribution in [1.29, 1.82) is 0 Å². The van der Waals surface area contributed by atoms with Gasteiger partial charge in [-0.15, -0.1) is 11.3 Å². The summed E-state index contributed by atoms with van der Waals surface area (Å²) in [5, 5.41) is 7.93. The van der Waals surface area contributed by atoms with Gasteiger partial charge in [0.1, 0.15) is 4.83 Å². The number of benzene rings is 2.